The van der Waals surface area contributed by atoms with Crippen LogP contribution in [0.4, 0.5) is 0 Å². The zero-order valence-corrected chi connectivity index (χ0v) is 14.9. The maximum absolute atomic E-state index is 12.3. The van der Waals surface area contributed by atoms with Crippen LogP contribution in [0.1, 0.15) is 37.0 Å². The minimum atomic E-state index is -0.306. The highest BCUT2D eigenvalue weighted by molar-refractivity contribution is 7.99. The molecule has 23 heavy (non-hydrogen) atoms. The van der Waals surface area contributed by atoms with Crippen molar-refractivity contribution < 1.29 is 14.3 Å². The van der Waals surface area contributed by atoms with Crippen LogP contribution in [0.3, 0.4) is 0 Å². The van der Waals surface area contributed by atoms with Crippen LogP contribution in [0.25, 0.3) is 0 Å². The first-order chi connectivity index (χ1) is 11.1. The van der Waals surface area contributed by atoms with Gasteiger partial charge < -0.3 is 9.64 Å². The Morgan fingerprint density at radius 1 is 1.30 bits per heavy atom. The Morgan fingerprint density at radius 2 is 2.09 bits per heavy atom. The van der Waals surface area contributed by atoms with Gasteiger partial charge in [-0.3, -0.25) is 9.59 Å². The smallest absolute Gasteiger partial charge is 0.306 e. The minimum absolute atomic E-state index is 0.0264. The lowest BCUT2D eigenvalue weighted by Crippen LogP contribution is -2.33. The van der Waals surface area contributed by atoms with Gasteiger partial charge in [-0.1, -0.05) is 29.8 Å². The second-order valence-electron chi connectivity index (χ2n) is 5.36. The second kappa shape index (κ2) is 9.18. The lowest BCUT2D eigenvalue weighted by molar-refractivity contribution is -0.145. The van der Waals surface area contributed by atoms with E-state index in [-0.39, 0.29) is 24.7 Å². The summed E-state index contributed by atoms with van der Waals surface area (Å²) in [5, 5.41) is 1.10. The number of esters is 1. The number of hydrogen-bond acceptors (Lipinski definition) is 4. The predicted molar refractivity (Wildman–Crippen MR) is 93.7 cm³/mol. The van der Waals surface area contributed by atoms with Crippen molar-refractivity contribution in [1.29, 1.82) is 0 Å². The van der Waals surface area contributed by atoms with Gasteiger partial charge in [0.25, 0.3) is 0 Å². The summed E-state index contributed by atoms with van der Waals surface area (Å²) in [5.41, 5.74) is 1.14. The van der Waals surface area contributed by atoms with E-state index in [0.717, 1.165) is 22.8 Å². The quantitative estimate of drug-likeness (QED) is 0.756. The molecule has 1 saturated heterocycles. The molecular weight excluding hydrogens is 334 g/mol. The standard InChI is InChI=1S/C17H22ClNO3S/c1-2-22-17(21)8-7-16(20)19-10-9-15(23-12-11-19)13-5-3-4-6-14(13)18/h3-6,15H,2,7-12H2,1H3. The van der Waals surface area contributed by atoms with Crippen molar-refractivity contribution in [3.05, 3.63) is 34.9 Å². The van der Waals surface area contributed by atoms with Crippen molar-refractivity contribution >= 4 is 35.2 Å². The van der Waals surface area contributed by atoms with E-state index in [0.29, 0.717) is 24.9 Å². The fourth-order valence-corrected chi connectivity index (χ4v) is 4.20. The molecule has 1 aromatic rings. The molecule has 6 heteroatoms. The number of nitrogens with zero attached hydrogens (tertiary/aromatic N) is 1. The number of benzene rings is 1. The molecule has 1 aromatic carbocycles. The highest BCUT2D eigenvalue weighted by Gasteiger charge is 2.23. The van der Waals surface area contributed by atoms with Crippen LogP contribution in [-0.2, 0) is 14.3 Å². The molecule has 0 spiro atoms. The highest BCUT2D eigenvalue weighted by atomic mass is 35.5. The summed E-state index contributed by atoms with van der Waals surface area (Å²) in [6.07, 6.45) is 1.25. The van der Waals surface area contributed by atoms with Gasteiger partial charge in [-0.25, -0.2) is 0 Å². The summed E-state index contributed by atoms with van der Waals surface area (Å²) in [6.45, 7) is 3.53. The van der Waals surface area contributed by atoms with Crippen molar-refractivity contribution in [1.82, 2.24) is 4.90 Å². The number of amides is 1. The Bertz CT molecular complexity index is 552. The van der Waals surface area contributed by atoms with E-state index in [9.17, 15) is 9.59 Å². The third kappa shape index (κ3) is 5.43. The third-order valence-corrected chi connectivity index (χ3v) is 5.45. The fourth-order valence-electron chi connectivity index (χ4n) is 2.60. The zero-order chi connectivity index (χ0) is 16.7. The molecule has 0 radical (unpaired) electrons. The molecule has 126 valence electrons. The second-order valence-corrected chi connectivity index (χ2v) is 7.07. The van der Waals surface area contributed by atoms with Crippen LogP contribution in [0.2, 0.25) is 5.02 Å². The van der Waals surface area contributed by atoms with E-state index in [4.69, 9.17) is 16.3 Å². The van der Waals surface area contributed by atoms with Crippen LogP contribution >= 0.6 is 23.4 Å². The van der Waals surface area contributed by atoms with E-state index in [2.05, 4.69) is 6.07 Å². The molecule has 1 atom stereocenters. The summed E-state index contributed by atoms with van der Waals surface area (Å²) < 4.78 is 4.86. The predicted octanol–water partition coefficient (Wildman–Crippen LogP) is 3.69. The number of carbonyl (C=O) groups excluding carboxylic acids is 2. The lowest BCUT2D eigenvalue weighted by atomic mass is 10.1. The van der Waals surface area contributed by atoms with Crippen LogP contribution in [0, 0.1) is 0 Å². The van der Waals surface area contributed by atoms with E-state index >= 15 is 0 Å². The van der Waals surface area contributed by atoms with Crippen LogP contribution in [-0.4, -0.2) is 42.2 Å². The van der Waals surface area contributed by atoms with Crippen molar-refractivity contribution in [3.8, 4) is 0 Å². The number of rotatable bonds is 5. The van der Waals surface area contributed by atoms with Crippen molar-refractivity contribution in [2.24, 2.45) is 0 Å². The first-order valence-electron chi connectivity index (χ1n) is 7.91. The Morgan fingerprint density at radius 3 is 2.83 bits per heavy atom. The third-order valence-electron chi connectivity index (χ3n) is 3.79. The molecule has 1 amide bonds. The molecular formula is C17H22ClNO3S. The number of hydrogen-bond donors (Lipinski definition) is 0. The Kier molecular flexibility index (Phi) is 7.24. The van der Waals surface area contributed by atoms with E-state index in [1.165, 1.54) is 0 Å². The molecule has 0 aliphatic carbocycles. The molecule has 1 unspecified atom stereocenters. The van der Waals surface area contributed by atoms with Gasteiger partial charge in [0, 0.05) is 35.5 Å². The molecule has 4 nitrogen and oxygen atoms in total. The molecule has 0 bridgehead atoms. The summed E-state index contributed by atoms with van der Waals surface area (Å²) in [5.74, 6) is 0.596. The Hall–Kier alpha value is -1.20. The van der Waals surface area contributed by atoms with Crippen molar-refractivity contribution in [2.75, 3.05) is 25.4 Å². The first kappa shape index (κ1) is 18.1. The van der Waals surface area contributed by atoms with Crippen LogP contribution in [0.5, 0.6) is 0 Å². The number of carbonyl (C=O) groups is 2. The first-order valence-corrected chi connectivity index (χ1v) is 9.34. The number of thioether (sulfide) groups is 1. The highest BCUT2D eigenvalue weighted by Crippen LogP contribution is 2.37. The van der Waals surface area contributed by atoms with Crippen molar-refractivity contribution in [3.63, 3.8) is 0 Å². The molecule has 1 fully saturated rings. The van der Waals surface area contributed by atoms with Crippen LogP contribution in [0.15, 0.2) is 24.3 Å². The number of ether oxygens (including phenoxy) is 1. The average molecular weight is 356 g/mol. The molecule has 2 rings (SSSR count). The Balaban J connectivity index is 1.87. The molecule has 0 N–H and O–H groups in total. The normalized spacial score (nSPS) is 18.3. The van der Waals surface area contributed by atoms with Gasteiger partial charge >= 0.3 is 5.97 Å². The Labute approximate surface area is 146 Å². The lowest BCUT2D eigenvalue weighted by Gasteiger charge is -2.20. The van der Waals surface area contributed by atoms with E-state index in [1.54, 1.807) is 6.92 Å². The number of halogens is 1. The van der Waals surface area contributed by atoms with Gasteiger partial charge in [0.1, 0.15) is 0 Å². The van der Waals surface area contributed by atoms with Crippen LogP contribution < -0.4 is 0 Å². The zero-order valence-electron chi connectivity index (χ0n) is 13.3. The molecule has 1 heterocycles. The summed E-state index contributed by atoms with van der Waals surface area (Å²) in [6, 6.07) is 7.89. The summed E-state index contributed by atoms with van der Waals surface area (Å²) in [4.78, 5) is 25.5. The summed E-state index contributed by atoms with van der Waals surface area (Å²) in [7, 11) is 0. The van der Waals surface area contributed by atoms with Gasteiger partial charge in [0.05, 0.1) is 13.0 Å². The SMILES string of the molecule is CCOC(=O)CCC(=O)N1CCSC(c2ccccc2Cl)CC1. The maximum atomic E-state index is 12.3. The van der Waals surface area contributed by atoms with Gasteiger partial charge in [-0.2, -0.15) is 11.8 Å². The molecule has 0 saturated carbocycles. The average Bonchev–Trinajstić information content (AvgIpc) is 2.79. The maximum Gasteiger partial charge on any atom is 0.306 e. The van der Waals surface area contributed by atoms with Gasteiger partial charge in [-0.15, -0.1) is 0 Å². The molecule has 1 aliphatic heterocycles. The molecule has 1 aliphatic rings. The fraction of sp³-hybridized carbons (Fsp3) is 0.529. The summed E-state index contributed by atoms with van der Waals surface area (Å²) >= 11 is 8.11. The molecule has 0 aromatic heterocycles. The van der Waals surface area contributed by atoms with Gasteiger partial charge in [0.2, 0.25) is 5.91 Å². The minimum Gasteiger partial charge on any atom is -0.466 e. The van der Waals surface area contributed by atoms with Crippen molar-refractivity contribution in [2.45, 2.75) is 31.4 Å². The van der Waals surface area contributed by atoms with Gasteiger partial charge in [0.15, 0.2) is 0 Å². The monoisotopic (exact) mass is 355 g/mol. The van der Waals surface area contributed by atoms with Gasteiger partial charge in [-0.05, 0) is 25.0 Å². The largest absolute Gasteiger partial charge is 0.466 e. The van der Waals surface area contributed by atoms with E-state index in [1.807, 2.05) is 34.9 Å². The van der Waals surface area contributed by atoms with E-state index < -0.39 is 0 Å². The topological polar surface area (TPSA) is 46.6 Å².